The lowest BCUT2D eigenvalue weighted by atomic mass is 10.0. The van der Waals surface area contributed by atoms with E-state index in [0.29, 0.717) is 10.9 Å². The molecule has 6 heteroatoms. The van der Waals surface area contributed by atoms with Crippen LogP contribution in [0.15, 0.2) is 29.4 Å². The van der Waals surface area contributed by atoms with Crippen molar-refractivity contribution in [2.45, 2.75) is 69.9 Å². The molecule has 1 N–H and O–H groups in total. The summed E-state index contributed by atoms with van der Waals surface area (Å²) in [5.41, 5.74) is 2.06. The van der Waals surface area contributed by atoms with E-state index in [2.05, 4.69) is 39.7 Å². The summed E-state index contributed by atoms with van der Waals surface area (Å²) in [5.74, 6) is 0.421. The van der Waals surface area contributed by atoms with Gasteiger partial charge in [-0.2, -0.15) is 5.21 Å². The Kier molecular flexibility index (Phi) is 9.26. The lowest BCUT2D eigenvalue weighted by Crippen LogP contribution is -2.02. The van der Waals surface area contributed by atoms with Crippen molar-refractivity contribution >= 4 is 17.5 Å². The average Bonchev–Trinajstić information content (AvgIpc) is 3.16. The zero-order valence-corrected chi connectivity index (χ0v) is 15.9. The number of rotatable bonds is 13. The lowest BCUT2D eigenvalue weighted by molar-refractivity contribution is 0.102. The van der Waals surface area contributed by atoms with Gasteiger partial charge >= 0.3 is 0 Å². The van der Waals surface area contributed by atoms with E-state index < -0.39 is 0 Å². The van der Waals surface area contributed by atoms with Crippen LogP contribution in [0.5, 0.6) is 0 Å². The molecule has 0 aliphatic rings. The molecule has 1 aromatic carbocycles. The second-order valence-electron chi connectivity index (χ2n) is 6.33. The number of benzene rings is 1. The highest BCUT2D eigenvalue weighted by Gasteiger charge is 2.08. The Bertz CT molecular complexity index is 598. The van der Waals surface area contributed by atoms with E-state index in [-0.39, 0.29) is 5.78 Å². The maximum absolute atomic E-state index is 12.2. The van der Waals surface area contributed by atoms with Crippen molar-refractivity contribution in [3.05, 3.63) is 35.4 Å². The minimum absolute atomic E-state index is 0.0911. The number of hydrogen-bond donors (Lipinski definition) is 1. The van der Waals surface area contributed by atoms with Crippen molar-refractivity contribution in [2.24, 2.45) is 0 Å². The van der Waals surface area contributed by atoms with Crippen molar-refractivity contribution in [3.8, 4) is 0 Å². The van der Waals surface area contributed by atoms with Gasteiger partial charge in [0.1, 0.15) is 0 Å². The molecule has 0 aliphatic carbocycles. The Hall–Kier alpha value is -1.69. The number of tetrazole rings is 1. The van der Waals surface area contributed by atoms with Gasteiger partial charge in [-0.05, 0) is 23.6 Å². The van der Waals surface area contributed by atoms with E-state index in [1.807, 2.05) is 12.1 Å². The summed E-state index contributed by atoms with van der Waals surface area (Å²) < 4.78 is 0. The van der Waals surface area contributed by atoms with Crippen LogP contribution >= 0.6 is 11.8 Å². The molecule has 5 nitrogen and oxygen atoms in total. The van der Waals surface area contributed by atoms with Crippen molar-refractivity contribution in [1.29, 1.82) is 0 Å². The molecule has 0 aliphatic heterocycles. The number of aryl methyl sites for hydroxylation is 1. The number of thioether (sulfide) groups is 1. The van der Waals surface area contributed by atoms with Gasteiger partial charge in [-0.3, -0.25) is 4.79 Å². The number of unbranched alkanes of at least 4 members (excludes halogenated alkanes) is 7. The maximum atomic E-state index is 12.2. The molecule has 0 saturated carbocycles. The fourth-order valence-electron chi connectivity index (χ4n) is 2.75. The Labute approximate surface area is 154 Å². The van der Waals surface area contributed by atoms with E-state index in [9.17, 15) is 4.79 Å². The number of aromatic amines is 1. The van der Waals surface area contributed by atoms with Gasteiger partial charge in [0, 0.05) is 5.56 Å². The predicted octanol–water partition coefficient (Wildman–Crippen LogP) is 4.86. The Morgan fingerprint density at radius 2 is 1.68 bits per heavy atom. The summed E-state index contributed by atoms with van der Waals surface area (Å²) in [6.45, 7) is 2.26. The summed E-state index contributed by atoms with van der Waals surface area (Å²) >= 11 is 1.29. The third-order valence-corrected chi connectivity index (χ3v) is 5.09. The molecule has 0 radical (unpaired) electrons. The number of carbonyl (C=O) groups is 1. The van der Waals surface area contributed by atoms with Gasteiger partial charge in [0.05, 0.1) is 5.75 Å². The first-order chi connectivity index (χ1) is 12.3. The summed E-state index contributed by atoms with van der Waals surface area (Å²) in [6, 6.07) is 8.01. The van der Waals surface area contributed by atoms with Crippen LogP contribution in [0.4, 0.5) is 0 Å². The standard InChI is InChI=1S/C19H28N4OS/c1-2-3-4-5-6-7-8-9-10-16-11-13-17(14-12-16)18(24)15-25-19-20-22-23-21-19/h11-14H,2-10,15H2,1H3,(H,20,21,22,23). The molecular weight excluding hydrogens is 332 g/mol. The normalized spacial score (nSPS) is 10.9. The van der Waals surface area contributed by atoms with Crippen LogP contribution in [0.25, 0.3) is 0 Å². The highest BCUT2D eigenvalue weighted by atomic mass is 32.2. The van der Waals surface area contributed by atoms with E-state index in [1.54, 1.807) is 0 Å². The van der Waals surface area contributed by atoms with Gasteiger partial charge in [0.25, 0.3) is 0 Å². The predicted molar refractivity (Wildman–Crippen MR) is 102 cm³/mol. The molecule has 0 unspecified atom stereocenters. The van der Waals surface area contributed by atoms with Gasteiger partial charge < -0.3 is 0 Å². The summed E-state index contributed by atoms with van der Waals surface area (Å²) in [4.78, 5) is 12.2. The van der Waals surface area contributed by atoms with E-state index in [0.717, 1.165) is 12.0 Å². The van der Waals surface area contributed by atoms with Gasteiger partial charge in [0.15, 0.2) is 5.78 Å². The maximum Gasteiger partial charge on any atom is 0.231 e. The van der Waals surface area contributed by atoms with Crippen molar-refractivity contribution in [2.75, 3.05) is 5.75 Å². The first-order valence-electron chi connectivity index (χ1n) is 9.28. The molecule has 136 valence electrons. The molecule has 1 heterocycles. The molecule has 0 atom stereocenters. The number of ketones is 1. The zero-order chi connectivity index (χ0) is 17.7. The van der Waals surface area contributed by atoms with Crippen LogP contribution in [0, 0.1) is 0 Å². The number of Topliss-reactive ketones (excluding diaryl/α,β-unsaturated/α-hetero) is 1. The van der Waals surface area contributed by atoms with Crippen molar-refractivity contribution in [1.82, 2.24) is 20.6 Å². The van der Waals surface area contributed by atoms with Crippen LogP contribution < -0.4 is 0 Å². The fourth-order valence-corrected chi connectivity index (χ4v) is 3.38. The third kappa shape index (κ3) is 7.82. The first kappa shape index (κ1) is 19.6. The second-order valence-corrected chi connectivity index (χ2v) is 7.27. The minimum Gasteiger partial charge on any atom is -0.293 e. The summed E-state index contributed by atoms with van der Waals surface area (Å²) in [5, 5.41) is 14.0. The highest BCUT2D eigenvalue weighted by Crippen LogP contribution is 2.15. The van der Waals surface area contributed by atoms with E-state index >= 15 is 0 Å². The van der Waals surface area contributed by atoms with Crippen LogP contribution in [0.3, 0.4) is 0 Å². The van der Waals surface area contributed by atoms with Crippen LogP contribution in [-0.2, 0) is 6.42 Å². The molecule has 25 heavy (non-hydrogen) atoms. The minimum atomic E-state index is 0.0911. The highest BCUT2D eigenvalue weighted by molar-refractivity contribution is 7.99. The smallest absolute Gasteiger partial charge is 0.231 e. The Balaban J connectivity index is 1.61. The molecule has 0 fully saturated rings. The topological polar surface area (TPSA) is 71.5 Å². The number of carbonyl (C=O) groups excluding carboxylic acids is 1. The lowest BCUT2D eigenvalue weighted by Gasteiger charge is -2.04. The SMILES string of the molecule is CCCCCCCCCCc1ccc(C(=O)CSc2nn[nH]n2)cc1. The number of hydrogen-bond acceptors (Lipinski definition) is 5. The largest absolute Gasteiger partial charge is 0.293 e. The molecule has 2 aromatic rings. The van der Waals surface area contributed by atoms with E-state index in [4.69, 9.17) is 0 Å². The number of nitrogens with zero attached hydrogens (tertiary/aromatic N) is 3. The molecule has 0 amide bonds. The van der Waals surface area contributed by atoms with E-state index in [1.165, 1.54) is 68.7 Å². The second kappa shape index (κ2) is 11.8. The monoisotopic (exact) mass is 360 g/mol. The number of nitrogens with one attached hydrogen (secondary N) is 1. The van der Waals surface area contributed by atoms with Gasteiger partial charge in [0.2, 0.25) is 5.16 Å². The third-order valence-electron chi connectivity index (χ3n) is 4.25. The van der Waals surface area contributed by atoms with Crippen LogP contribution in [-0.4, -0.2) is 32.2 Å². The van der Waals surface area contributed by atoms with Gasteiger partial charge in [-0.1, -0.05) is 87.9 Å². The molecule has 2 rings (SSSR count). The van der Waals surface area contributed by atoms with Gasteiger partial charge in [-0.25, -0.2) is 0 Å². The fraction of sp³-hybridized carbons (Fsp3) is 0.579. The van der Waals surface area contributed by atoms with Gasteiger partial charge in [-0.15, -0.1) is 10.2 Å². The number of aromatic nitrogens is 4. The summed E-state index contributed by atoms with van der Waals surface area (Å²) in [6.07, 6.45) is 11.8. The molecule has 0 spiro atoms. The Morgan fingerprint density at radius 1 is 1.00 bits per heavy atom. The van der Waals surface area contributed by atoms with Crippen molar-refractivity contribution < 1.29 is 4.79 Å². The zero-order valence-electron chi connectivity index (χ0n) is 15.0. The molecule has 1 aromatic heterocycles. The quantitative estimate of drug-likeness (QED) is 0.314. The average molecular weight is 361 g/mol. The first-order valence-corrected chi connectivity index (χ1v) is 10.3. The molecule has 0 bridgehead atoms. The van der Waals surface area contributed by atoms with Crippen molar-refractivity contribution in [3.63, 3.8) is 0 Å². The van der Waals surface area contributed by atoms with Crippen LogP contribution in [0.2, 0.25) is 0 Å². The number of H-pyrrole nitrogens is 1. The van der Waals surface area contributed by atoms with Crippen LogP contribution in [0.1, 0.15) is 74.2 Å². The molecule has 0 saturated heterocycles. The molecular formula is C19H28N4OS. The summed E-state index contributed by atoms with van der Waals surface area (Å²) in [7, 11) is 0. The Morgan fingerprint density at radius 3 is 2.32 bits per heavy atom.